The predicted octanol–water partition coefficient (Wildman–Crippen LogP) is 12.0. The fourth-order valence-electron chi connectivity index (χ4n) is 7.86. The Morgan fingerprint density at radius 3 is 1.20 bits per heavy atom. The number of hydrogen-bond acceptors (Lipinski definition) is 0. The van der Waals surface area contributed by atoms with Crippen molar-refractivity contribution in [2.24, 2.45) is 0 Å². The van der Waals surface area contributed by atoms with Crippen LogP contribution in [0.2, 0.25) is 0 Å². The van der Waals surface area contributed by atoms with Crippen LogP contribution in [-0.2, 0) is 26.4 Å². The number of halogens is 2. The van der Waals surface area contributed by atoms with E-state index >= 15 is 0 Å². The van der Waals surface area contributed by atoms with Gasteiger partial charge in [-0.15, -0.1) is 0 Å². The minimum absolute atomic E-state index is 0. The summed E-state index contributed by atoms with van der Waals surface area (Å²) >= 11 is -4.52. The van der Waals surface area contributed by atoms with Crippen LogP contribution in [0.15, 0.2) is 96.1 Å². The molecule has 2 atom stereocenters. The summed E-state index contributed by atoms with van der Waals surface area (Å²) in [6.45, 7) is 18.1. The fourth-order valence-corrected chi connectivity index (χ4v) is 35.0. The van der Waals surface area contributed by atoms with E-state index in [4.69, 9.17) is 17.0 Å². The van der Waals surface area contributed by atoms with Crippen LogP contribution < -0.4 is 0 Å². The number of hydrogen-bond donors (Lipinski definition) is 0. The Kier molecular flexibility index (Phi) is 8.88. The van der Waals surface area contributed by atoms with E-state index in [1.165, 1.54) is 66.8 Å². The molecule has 0 bridgehead atoms. The zero-order valence-electron chi connectivity index (χ0n) is 28.6. The van der Waals surface area contributed by atoms with Gasteiger partial charge in [0.2, 0.25) is 0 Å². The summed E-state index contributed by atoms with van der Waals surface area (Å²) in [5.74, 6) is 0. The van der Waals surface area contributed by atoms with Crippen LogP contribution in [0.25, 0.3) is 34.4 Å². The standard InChI is InChI=1S/2C20H21.CH3.2ClH.H3Si.Zr/c2*1-14-12-16-6-5-7-18(19(16)13-14)15-8-10-17(11-9-15)20(2,3)4;;;;;/h2*5-13H,1-4H3;1H3;2*1H;1H3;/q;;;;;;+2/p-2. The second-order valence-electron chi connectivity index (χ2n) is 15.5. The Hall–Kier alpha value is -1.96. The molecule has 0 N–H and O–H groups in total. The van der Waals surface area contributed by atoms with Gasteiger partial charge in [0.05, 0.1) is 0 Å². The van der Waals surface area contributed by atoms with Gasteiger partial charge >= 0.3 is 277 Å². The Balaban J connectivity index is 0.00000400. The third-order valence-electron chi connectivity index (χ3n) is 10.0. The molecule has 0 nitrogen and oxygen atoms in total. The zero-order valence-corrected chi connectivity index (χ0v) is 34.6. The van der Waals surface area contributed by atoms with Gasteiger partial charge in [0, 0.05) is 0 Å². The number of rotatable bonds is 4. The van der Waals surface area contributed by atoms with Gasteiger partial charge in [-0.1, -0.05) is 7.43 Å². The van der Waals surface area contributed by atoms with Gasteiger partial charge in [0.25, 0.3) is 0 Å². The van der Waals surface area contributed by atoms with Gasteiger partial charge in [0.1, 0.15) is 0 Å². The summed E-state index contributed by atoms with van der Waals surface area (Å²) in [4.78, 5) is 0. The van der Waals surface area contributed by atoms with Gasteiger partial charge in [-0.2, -0.15) is 0 Å². The van der Waals surface area contributed by atoms with E-state index in [1.54, 1.807) is 0 Å². The molecular weight excluding hydrogens is 683 g/mol. The van der Waals surface area contributed by atoms with Crippen molar-refractivity contribution in [3.05, 3.63) is 137 Å². The largest absolute Gasteiger partial charge is 0.0683 e. The first kappa shape index (κ1) is 34.4. The molecule has 4 heteroatoms. The fraction of sp³-hybridized carbons (Fsp3) is 0.293. The molecule has 234 valence electrons. The van der Waals surface area contributed by atoms with Crippen molar-refractivity contribution in [2.75, 3.05) is 0 Å². The van der Waals surface area contributed by atoms with Crippen molar-refractivity contribution >= 4 is 36.5 Å². The molecule has 4 aromatic carbocycles. The molecule has 2 unspecified atom stereocenters. The van der Waals surface area contributed by atoms with Gasteiger partial charge < -0.3 is 0 Å². The summed E-state index contributed by atoms with van der Waals surface area (Å²) in [5.41, 5.74) is 15.8. The quantitative estimate of drug-likeness (QED) is 0.183. The average molecular weight is 731 g/mol. The summed E-state index contributed by atoms with van der Waals surface area (Å²) < 4.78 is 0.202. The topological polar surface area (TPSA) is 0 Å². The number of allylic oxidation sites excluding steroid dienone is 2. The van der Waals surface area contributed by atoms with Gasteiger partial charge in [-0.05, 0) is 0 Å². The van der Waals surface area contributed by atoms with Gasteiger partial charge in [-0.3, -0.25) is 0 Å². The summed E-state index contributed by atoms with van der Waals surface area (Å²) in [7, 11) is 17.1. The molecule has 2 aliphatic rings. The van der Waals surface area contributed by atoms with Crippen LogP contribution in [0, 0.1) is 7.43 Å². The van der Waals surface area contributed by atoms with Crippen molar-refractivity contribution in [3.63, 3.8) is 0 Å². The van der Waals surface area contributed by atoms with Crippen molar-refractivity contribution in [3.8, 4) is 22.3 Å². The first-order chi connectivity index (χ1) is 20.5. The van der Waals surface area contributed by atoms with E-state index < -0.39 is 15.6 Å². The maximum atomic E-state index is 8.14. The van der Waals surface area contributed by atoms with Crippen LogP contribution in [0.3, 0.4) is 0 Å². The molecule has 0 fully saturated rings. The summed E-state index contributed by atoms with van der Waals surface area (Å²) in [5, 5.41) is 0. The molecule has 6 rings (SSSR count). The third-order valence-corrected chi connectivity index (χ3v) is 32.4. The molecule has 0 spiro atoms. The first-order valence-electron chi connectivity index (χ1n) is 15.9. The molecule has 45 heavy (non-hydrogen) atoms. The van der Waals surface area contributed by atoms with Crippen LogP contribution in [0.1, 0.15) is 96.0 Å². The van der Waals surface area contributed by atoms with E-state index in [0.717, 1.165) is 7.37 Å². The summed E-state index contributed by atoms with van der Waals surface area (Å²) in [6, 6.07) is 31.7. The van der Waals surface area contributed by atoms with Crippen LogP contribution >= 0.6 is 17.0 Å². The minimum atomic E-state index is -4.52. The molecule has 2 aliphatic carbocycles. The predicted molar refractivity (Wildman–Crippen MR) is 202 cm³/mol. The molecule has 0 aromatic heterocycles. The Bertz CT molecular complexity index is 1690. The molecule has 0 aliphatic heterocycles. The van der Waals surface area contributed by atoms with E-state index in [-0.39, 0.29) is 25.5 Å². The van der Waals surface area contributed by atoms with Gasteiger partial charge in [-0.25, -0.2) is 0 Å². The molecule has 0 amide bonds. The Labute approximate surface area is 282 Å². The molecular formula is C41H48Cl2SiZr. The van der Waals surface area contributed by atoms with Crippen LogP contribution in [0.5, 0.6) is 0 Å². The normalized spacial score (nSPS) is 18.8. The second-order valence-corrected chi connectivity index (χ2v) is 59.7. The monoisotopic (exact) mass is 728 g/mol. The smallest absolute Gasteiger partial charge is 0.0683 e. The minimum Gasteiger partial charge on any atom is -0.0683 e. The number of benzene rings is 4. The molecule has 0 heterocycles. The molecule has 1 radical (unpaired) electrons. The SMILES string of the molecule is CC1=Cc2c(-c3ccc(C(C)(C)C)cc3)cccc2[CH]1[Zr]([SiH3])([Cl])([Cl])[CH]1C(C)=Cc2c(-c3ccc(C(C)(C)C)cc3)cccc21.[CH3]. The maximum Gasteiger partial charge on any atom is -0.0683 e. The van der Waals surface area contributed by atoms with E-state index in [0.29, 0.717) is 0 Å². The second kappa shape index (κ2) is 11.6. The van der Waals surface area contributed by atoms with E-state index in [9.17, 15) is 0 Å². The van der Waals surface area contributed by atoms with Crippen LogP contribution in [-0.4, -0.2) is 7.37 Å². The molecule has 4 aromatic rings. The van der Waals surface area contributed by atoms with Gasteiger partial charge in [0.15, 0.2) is 0 Å². The molecule has 0 saturated heterocycles. The third kappa shape index (κ3) is 5.99. The zero-order chi connectivity index (χ0) is 31.8. The van der Waals surface area contributed by atoms with Crippen molar-refractivity contribution in [1.29, 1.82) is 0 Å². The number of fused-ring (bicyclic) bond motifs is 2. The summed E-state index contributed by atoms with van der Waals surface area (Å²) in [6.07, 6.45) is 4.76. The Morgan fingerprint density at radius 1 is 0.556 bits per heavy atom. The van der Waals surface area contributed by atoms with Crippen molar-refractivity contribution < 1.29 is 15.6 Å². The Morgan fingerprint density at radius 2 is 0.889 bits per heavy atom. The van der Waals surface area contributed by atoms with Crippen molar-refractivity contribution in [2.45, 2.75) is 73.5 Å². The average Bonchev–Trinajstić information content (AvgIpc) is 3.48. The maximum absolute atomic E-state index is 8.14. The van der Waals surface area contributed by atoms with E-state index in [1.807, 2.05) is 0 Å². The molecule has 0 saturated carbocycles. The van der Waals surface area contributed by atoms with E-state index in [2.05, 4.69) is 152 Å². The van der Waals surface area contributed by atoms with Crippen molar-refractivity contribution in [1.82, 2.24) is 0 Å². The van der Waals surface area contributed by atoms with Crippen LogP contribution in [0.4, 0.5) is 0 Å². The first-order valence-corrected chi connectivity index (χ1v) is 33.4.